The molecule has 0 aliphatic rings. The number of benzene rings is 3. The second-order valence-corrected chi connectivity index (χ2v) is 6.89. The Balaban J connectivity index is 1.82. The lowest BCUT2D eigenvalue weighted by molar-refractivity contribution is 1.13. The molecule has 28 heavy (non-hydrogen) atoms. The van der Waals surface area contributed by atoms with Crippen LogP contribution in [0, 0.1) is 0 Å². The Morgan fingerprint density at radius 1 is 0.893 bits per heavy atom. The molecule has 5 aromatic rings. The summed E-state index contributed by atoms with van der Waals surface area (Å²) in [4.78, 5) is 3.65. The van der Waals surface area contributed by atoms with Crippen LogP contribution in [0.3, 0.4) is 0 Å². The molecule has 0 aliphatic heterocycles. The number of hydrogen-bond donors (Lipinski definition) is 1. The molecule has 2 nitrogen and oxygen atoms in total. The molecular weight excluding hydrogens is 340 g/mol. The summed E-state index contributed by atoms with van der Waals surface area (Å²) in [6.07, 6.45) is 7.80. The number of fused-ring (bicyclic) bond motifs is 5. The molecule has 0 amide bonds. The van der Waals surface area contributed by atoms with E-state index < -0.39 is 0 Å². The maximum absolute atomic E-state index is 3.94. The van der Waals surface area contributed by atoms with E-state index in [1.807, 2.05) is 18.2 Å². The third-order valence-corrected chi connectivity index (χ3v) is 5.31. The monoisotopic (exact) mass is 360 g/mol. The van der Waals surface area contributed by atoms with Crippen LogP contribution < -0.4 is 0 Å². The molecule has 0 saturated heterocycles. The van der Waals surface area contributed by atoms with Gasteiger partial charge in [-0.05, 0) is 41.5 Å². The van der Waals surface area contributed by atoms with Crippen LogP contribution in [0.5, 0.6) is 0 Å². The third kappa shape index (κ3) is 2.43. The summed E-state index contributed by atoms with van der Waals surface area (Å²) in [5.41, 5.74) is 6.86. The largest absolute Gasteiger partial charge is 0.353 e. The maximum atomic E-state index is 3.94. The molecule has 0 atom stereocenters. The van der Waals surface area contributed by atoms with Gasteiger partial charge >= 0.3 is 0 Å². The SMILES string of the molecule is C=C/C=C(\C=C)c1ccc2[nH]c3c(ccc4ccn(-c5ccccc5)c43)c2c1. The van der Waals surface area contributed by atoms with Crippen molar-refractivity contribution in [3.63, 3.8) is 0 Å². The van der Waals surface area contributed by atoms with E-state index in [1.54, 1.807) is 6.08 Å². The molecule has 1 N–H and O–H groups in total. The first kappa shape index (κ1) is 16.4. The number of nitrogens with one attached hydrogen (secondary N) is 1. The fraction of sp³-hybridized carbons (Fsp3) is 0. The normalized spacial score (nSPS) is 12.1. The van der Waals surface area contributed by atoms with E-state index in [1.165, 1.54) is 21.7 Å². The van der Waals surface area contributed by atoms with Gasteiger partial charge in [0.1, 0.15) is 0 Å². The zero-order valence-corrected chi connectivity index (χ0v) is 15.5. The molecule has 3 aromatic carbocycles. The van der Waals surface area contributed by atoms with Crippen LogP contribution in [0.2, 0.25) is 0 Å². The van der Waals surface area contributed by atoms with Crippen molar-refractivity contribution >= 4 is 38.3 Å². The van der Waals surface area contributed by atoms with E-state index in [9.17, 15) is 0 Å². The minimum atomic E-state index is 1.07. The van der Waals surface area contributed by atoms with Gasteiger partial charge in [0.2, 0.25) is 0 Å². The molecule has 2 heterocycles. The van der Waals surface area contributed by atoms with Crippen molar-refractivity contribution < 1.29 is 0 Å². The molecule has 134 valence electrons. The quantitative estimate of drug-likeness (QED) is 0.332. The van der Waals surface area contributed by atoms with Gasteiger partial charge in [0.25, 0.3) is 0 Å². The zero-order valence-electron chi connectivity index (χ0n) is 15.5. The molecule has 0 radical (unpaired) electrons. The van der Waals surface area contributed by atoms with Gasteiger partial charge in [-0.1, -0.05) is 67.8 Å². The number of hydrogen-bond acceptors (Lipinski definition) is 0. The highest BCUT2D eigenvalue weighted by Crippen LogP contribution is 2.34. The topological polar surface area (TPSA) is 20.7 Å². The highest BCUT2D eigenvalue weighted by Gasteiger charge is 2.12. The summed E-state index contributed by atoms with van der Waals surface area (Å²) in [5, 5.41) is 3.66. The van der Waals surface area contributed by atoms with Gasteiger partial charge in [0.05, 0.1) is 11.0 Å². The van der Waals surface area contributed by atoms with Gasteiger partial charge < -0.3 is 9.55 Å². The smallest absolute Gasteiger partial charge is 0.0771 e. The summed E-state index contributed by atoms with van der Waals surface area (Å²) in [6, 6.07) is 23.5. The Hall–Kier alpha value is -3.78. The van der Waals surface area contributed by atoms with Crippen molar-refractivity contribution in [3.05, 3.63) is 110 Å². The average molecular weight is 360 g/mol. The van der Waals surface area contributed by atoms with Crippen LogP contribution >= 0.6 is 0 Å². The van der Waals surface area contributed by atoms with Crippen molar-refractivity contribution in [2.75, 3.05) is 0 Å². The molecular formula is C26H20N2. The Morgan fingerprint density at radius 3 is 2.54 bits per heavy atom. The first-order valence-electron chi connectivity index (χ1n) is 9.36. The molecule has 0 unspecified atom stereocenters. The molecule has 0 aliphatic carbocycles. The lowest BCUT2D eigenvalue weighted by Crippen LogP contribution is -1.91. The molecule has 2 heteroatoms. The molecule has 2 aromatic heterocycles. The van der Waals surface area contributed by atoms with E-state index in [-0.39, 0.29) is 0 Å². The van der Waals surface area contributed by atoms with Crippen molar-refractivity contribution in [1.82, 2.24) is 9.55 Å². The van der Waals surface area contributed by atoms with Gasteiger partial charge in [-0.15, -0.1) is 0 Å². The van der Waals surface area contributed by atoms with E-state index in [0.29, 0.717) is 0 Å². The van der Waals surface area contributed by atoms with E-state index >= 15 is 0 Å². The highest BCUT2D eigenvalue weighted by atomic mass is 15.0. The maximum Gasteiger partial charge on any atom is 0.0771 e. The molecule has 0 saturated carbocycles. The van der Waals surface area contributed by atoms with Crippen LogP contribution in [0.4, 0.5) is 0 Å². The standard InChI is InChI=1S/C26H20N2/c1-3-8-18(4-2)20-12-14-24-23(17-20)22-13-11-19-15-16-28(26(19)25(22)27-24)21-9-6-5-7-10-21/h3-17,27H,1-2H2/b18-8+. The van der Waals surface area contributed by atoms with Gasteiger partial charge in [0.15, 0.2) is 0 Å². The first-order chi connectivity index (χ1) is 13.8. The molecule has 0 bridgehead atoms. The summed E-state index contributed by atoms with van der Waals surface area (Å²) in [7, 11) is 0. The van der Waals surface area contributed by atoms with Crippen molar-refractivity contribution in [2.24, 2.45) is 0 Å². The van der Waals surface area contributed by atoms with Crippen LogP contribution in [0.1, 0.15) is 5.56 Å². The summed E-state index contributed by atoms with van der Waals surface area (Å²) < 4.78 is 2.25. The van der Waals surface area contributed by atoms with Crippen molar-refractivity contribution in [1.29, 1.82) is 0 Å². The predicted molar refractivity (Wildman–Crippen MR) is 121 cm³/mol. The Morgan fingerprint density at radius 2 is 1.75 bits per heavy atom. The molecule has 0 fully saturated rings. The number of aromatic amines is 1. The summed E-state index contributed by atoms with van der Waals surface area (Å²) >= 11 is 0. The van der Waals surface area contributed by atoms with Gasteiger partial charge in [0, 0.05) is 33.6 Å². The zero-order chi connectivity index (χ0) is 19.1. The van der Waals surface area contributed by atoms with Crippen molar-refractivity contribution in [3.8, 4) is 5.69 Å². The number of aromatic nitrogens is 2. The van der Waals surface area contributed by atoms with E-state index in [4.69, 9.17) is 0 Å². The van der Waals surface area contributed by atoms with Gasteiger partial charge in [-0.3, -0.25) is 0 Å². The summed E-state index contributed by atoms with van der Waals surface area (Å²) in [6.45, 7) is 7.75. The number of para-hydroxylation sites is 1. The second-order valence-electron chi connectivity index (χ2n) is 6.89. The summed E-state index contributed by atoms with van der Waals surface area (Å²) in [5.74, 6) is 0. The predicted octanol–water partition coefficient (Wildman–Crippen LogP) is 7.02. The minimum absolute atomic E-state index is 1.07. The molecule has 0 spiro atoms. The fourth-order valence-corrected chi connectivity index (χ4v) is 3.98. The Bertz CT molecular complexity index is 1380. The second kappa shape index (κ2) is 6.43. The van der Waals surface area contributed by atoms with Crippen LogP contribution in [-0.2, 0) is 0 Å². The number of allylic oxidation sites excluding steroid dienone is 4. The van der Waals surface area contributed by atoms with Gasteiger partial charge in [-0.25, -0.2) is 0 Å². The van der Waals surface area contributed by atoms with Crippen LogP contribution in [-0.4, -0.2) is 9.55 Å². The third-order valence-electron chi connectivity index (χ3n) is 5.31. The van der Waals surface area contributed by atoms with Crippen LogP contribution in [0.15, 0.2) is 104 Å². The van der Waals surface area contributed by atoms with E-state index in [2.05, 4.69) is 89.6 Å². The van der Waals surface area contributed by atoms with Gasteiger partial charge in [-0.2, -0.15) is 0 Å². The first-order valence-corrected chi connectivity index (χ1v) is 9.36. The van der Waals surface area contributed by atoms with Crippen LogP contribution in [0.25, 0.3) is 44.0 Å². The fourth-order valence-electron chi connectivity index (χ4n) is 3.98. The Kier molecular flexibility index (Phi) is 3.77. The minimum Gasteiger partial charge on any atom is -0.353 e. The highest BCUT2D eigenvalue weighted by molar-refractivity contribution is 6.17. The Labute approximate surface area is 163 Å². The number of H-pyrrole nitrogens is 1. The van der Waals surface area contributed by atoms with Crippen molar-refractivity contribution in [2.45, 2.75) is 0 Å². The number of rotatable bonds is 4. The van der Waals surface area contributed by atoms with E-state index in [0.717, 1.165) is 27.9 Å². The average Bonchev–Trinajstić information content (AvgIpc) is 3.33. The number of nitrogens with zero attached hydrogens (tertiary/aromatic N) is 1. The molecule has 5 rings (SSSR count). The lowest BCUT2D eigenvalue weighted by Gasteiger charge is -2.06. The lowest BCUT2D eigenvalue weighted by atomic mass is 10.0.